The molecule has 0 amide bonds. The lowest BCUT2D eigenvalue weighted by Crippen LogP contribution is -2.44. The summed E-state index contributed by atoms with van der Waals surface area (Å²) >= 11 is 1.71. The Balaban J connectivity index is 1.60. The van der Waals surface area contributed by atoms with Crippen LogP contribution >= 0.6 is 11.3 Å². The maximum Gasteiger partial charge on any atom is 0.142 e. The van der Waals surface area contributed by atoms with E-state index in [1.807, 2.05) is 24.4 Å². The van der Waals surface area contributed by atoms with Crippen molar-refractivity contribution in [3.8, 4) is 5.75 Å². The summed E-state index contributed by atoms with van der Waals surface area (Å²) in [5, 5.41) is 8.76. The monoisotopic (exact) mass is 301 g/mol. The quantitative estimate of drug-likeness (QED) is 0.813. The summed E-state index contributed by atoms with van der Waals surface area (Å²) in [4.78, 5) is 3.55. The average molecular weight is 301 g/mol. The Kier molecular flexibility index (Phi) is 4.40. The first-order valence-corrected chi connectivity index (χ1v) is 7.95. The molecule has 0 atom stereocenters. The van der Waals surface area contributed by atoms with Gasteiger partial charge in [-0.1, -0.05) is 18.2 Å². The van der Waals surface area contributed by atoms with Crippen LogP contribution in [-0.4, -0.2) is 44.5 Å². The molecular formula is C16H19N3OS. The average Bonchev–Trinajstić information content (AvgIpc) is 3.07. The summed E-state index contributed by atoms with van der Waals surface area (Å²) in [5.74, 6) is 0.938. The van der Waals surface area contributed by atoms with Crippen molar-refractivity contribution in [3.05, 3.63) is 46.7 Å². The normalized spacial score (nSPS) is 15.7. The molecule has 5 heteroatoms. The number of para-hydroxylation sites is 2. The van der Waals surface area contributed by atoms with E-state index in [-0.39, 0.29) is 0 Å². The standard InChI is InChI=1S/C16H19N3OS/c1-20-16-7-3-2-6-15(16)18-8-10-19(11-9-18)17-13-14-5-4-12-21-14/h2-7,12-13H,8-11H2,1H3/b17-13+. The zero-order valence-corrected chi connectivity index (χ0v) is 12.9. The first-order chi connectivity index (χ1) is 10.4. The van der Waals surface area contributed by atoms with E-state index in [0.29, 0.717) is 0 Å². The summed E-state index contributed by atoms with van der Waals surface area (Å²) in [7, 11) is 1.72. The number of ether oxygens (including phenoxy) is 1. The topological polar surface area (TPSA) is 28.1 Å². The molecule has 4 nitrogen and oxygen atoms in total. The summed E-state index contributed by atoms with van der Waals surface area (Å²) < 4.78 is 5.44. The van der Waals surface area contributed by atoms with E-state index in [2.05, 4.69) is 38.6 Å². The minimum Gasteiger partial charge on any atom is -0.495 e. The van der Waals surface area contributed by atoms with E-state index in [4.69, 9.17) is 4.74 Å². The highest BCUT2D eigenvalue weighted by molar-refractivity contribution is 7.11. The number of nitrogens with zero attached hydrogens (tertiary/aromatic N) is 3. The molecule has 0 bridgehead atoms. The highest BCUT2D eigenvalue weighted by Crippen LogP contribution is 2.28. The molecule has 0 saturated carbocycles. The molecule has 21 heavy (non-hydrogen) atoms. The number of benzene rings is 1. The SMILES string of the molecule is COc1ccccc1N1CCN(/N=C/c2cccs2)CC1. The van der Waals surface area contributed by atoms with Gasteiger partial charge in [0.05, 0.1) is 32.1 Å². The van der Waals surface area contributed by atoms with Crippen molar-refractivity contribution in [2.75, 3.05) is 38.2 Å². The Morgan fingerprint density at radius 1 is 1.10 bits per heavy atom. The van der Waals surface area contributed by atoms with Gasteiger partial charge in [-0.2, -0.15) is 5.10 Å². The number of hydrogen-bond donors (Lipinski definition) is 0. The van der Waals surface area contributed by atoms with Gasteiger partial charge in [-0.25, -0.2) is 0 Å². The fourth-order valence-electron chi connectivity index (χ4n) is 2.45. The van der Waals surface area contributed by atoms with Crippen molar-refractivity contribution in [3.63, 3.8) is 0 Å². The number of methoxy groups -OCH3 is 1. The molecule has 0 radical (unpaired) electrons. The maximum absolute atomic E-state index is 5.44. The van der Waals surface area contributed by atoms with Crippen LogP contribution in [0.2, 0.25) is 0 Å². The molecule has 1 aliphatic rings. The fraction of sp³-hybridized carbons (Fsp3) is 0.312. The molecule has 0 unspecified atom stereocenters. The number of piperazine rings is 1. The van der Waals surface area contributed by atoms with Crippen molar-refractivity contribution in [2.45, 2.75) is 0 Å². The third kappa shape index (κ3) is 3.36. The van der Waals surface area contributed by atoms with Gasteiger partial charge in [0, 0.05) is 18.0 Å². The van der Waals surface area contributed by atoms with Crippen molar-refractivity contribution in [2.24, 2.45) is 5.10 Å². The van der Waals surface area contributed by atoms with Gasteiger partial charge in [0.1, 0.15) is 5.75 Å². The summed E-state index contributed by atoms with van der Waals surface area (Å²) in [6.07, 6.45) is 1.95. The second-order valence-electron chi connectivity index (χ2n) is 4.87. The van der Waals surface area contributed by atoms with Crippen molar-refractivity contribution in [1.29, 1.82) is 0 Å². The Morgan fingerprint density at radius 3 is 2.62 bits per heavy atom. The fourth-order valence-corrected chi connectivity index (χ4v) is 3.03. The molecule has 1 fully saturated rings. The second kappa shape index (κ2) is 6.63. The lowest BCUT2D eigenvalue weighted by atomic mass is 10.2. The summed E-state index contributed by atoms with van der Waals surface area (Å²) in [6.45, 7) is 3.78. The lowest BCUT2D eigenvalue weighted by molar-refractivity contribution is 0.271. The minimum absolute atomic E-state index is 0.930. The molecule has 110 valence electrons. The Hall–Kier alpha value is -2.01. The highest BCUT2D eigenvalue weighted by atomic mass is 32.1. The molecule has 1 aliphatic heterocycles. The van der Waals surface area contributed by atoms with Gasteiger partial charge in [0.25, 0.3) is 0 Å². The highest BCUT2D eigenvalue weighted by Gasteiger charge is 2.18. The van der Waals surface area contributed by atoms with Crippen molar-refractivity contribution < 1.29 is 4.74 Å². The third-order valence-electron chi connectivity index (χ3n) is 3.57. The molecule has 1 aromatic carbocycles. The molecule has 1 aromatic heterocycles. The van der Waals surface area contributed by atoms with E-state index in [9.17, 15) is 0 Å². The first-order valence-electron chi connectivity index (χ1n) is 7.07. The first kappa shape index (κ1) is 13.9. The zero-order chi connectivity index (χ0) is 14.5. The maximum atomic E-state index is 5.44. The van der Waals surface area contributed by atoms with Crippen molar-refractivity contribution >= 4 is 23.2 Å². The third-order valence-corrected chi connectivity index (χ3v) is 4.38. The smallest absolute Gasteiger partial charge is 0.142 e. The number of hydrogen-bond acceptors (Lipinski definition) is 5. The Labute approximate surface area is 129 Å². The van der Waals surface area contributed by atoms with Gasteiger partial charge in [-0.15, -0.1) is 11.3 Å². The molecular weight excluding hydrogens is 282 g/mol. The molecule has 2 aromatic rings. The van der Waals surface area contributed by atoms with Gasteiger partial charge >= 0.3 is 0 Å². The molecule has 0 aliphatic carbocycles. The van der Waals surface area contributed by atoms with E-state index < -0.39 is 0 Å². The summed E-state index contributed by atoms with van der Waals surface area (Å²) in [5.41, 5.74) is 1.17. The predicted molar refractivity (Wildman–Crippen MR) is 88.7 cm³/mol. The predicted octanol–water partition coefficient (Wildman–Crippen LogP) is 2.91. The second-order valence-corrected chi connectivity index (χ2v) is 5.85. The van der Waals surface area contributed by atoms with E-state index in [1.165, 1.54) is 10.6 Å². The lowest BCUT2D eigenvalue weighted by Gasteiger charge is -2.35. The minimum atomic E-state index is 0.930. The van der Waals surface area contributed by atoms with Crippen LogP contribution in [0.3, 0.4) is 0 Å². The van der Waals surface area contributed by atoms with Crippen LogP contribution in [-0.2, 0) is 0 Å². The number of rotatable bonds is 4. The van der Waals surface area contributed by atoms with E-state index in [1.54, 1.807) is 18.4 Å². The van der Waals surface area contributed by atoms with Crippen LogP contribution in [0.15, 0.2) is 46.9 Å². The summed E-state index contributed by atoms with van der Waals surface area (Å²) in [6, 6.07) is 12.3. The van der Waals surface area contributed by atoms with Crippen molar-refractivity contribution in [1.82, 2.24) is 5.01 Å². The number of anilines is 1. The molecule has 2 heterocycles. The van der Waals surface area contributed by atoms with Gasteiger partial charge < -0.3 is 9.64 Å². The van der Waals surface area contributed by atoms with Crippen LogP contribution in [0.1, 0.15) is 4.88 Å². The Bertz CT molecular complexity index is 589. The van der Waals surface area contributed by atoms with Gasteiger partial charge in [-0.3, -0.25) is 5.01 Å². The zero-order valence-electron chi connectivity index (χ0n) is 12.1. The molecule has 0 spiro atoms. The largest absolute Gasteiger partial charge is 0.495 e. The van der Waals surface area contributed by atoms with Gasteiger partial charge in [0.15, 0.2) is 0 Å². The van der Waals surface area contributed by atoms with E-state index >= 15 is 0 Å². The van der Waals surface area contributed by atoms with E-state index in [0.717, 1.165) is 31.9 Å². The van der Waals surface area contributed by atoms with Crippen LogP contribution in [0.5, 0.6) is 5.75 Å². The van der Waals surface area contributed by atoms with Gasteiger partial charge in [-0.05, 0) is 23.6 Å². The molecule has 3 rings (SSSR count). The van der Waals surface area contributed by atoms with Crippen LogP contribution in [0, 0.1) is 0 Å². The number of thiophene rings is 1. The Morgan fingerprint density at radius 2 is 1.90 bits per heavy atom. The van der Waals surface area contributed by atoms with Crippen LogP contribution in [0.4, 0.5) is 5.69 Å². The molecule has 0 N–H and O–H groups in total. The molecule has 1 saturated heterocycles. The van der Waals surface area contributed by atoms with Crippen LogP contribution in [0.25, 0.3) is 0 Å². The number of hydrazone groups is 1. The van der Waals surface area contributed by atoms with Crippen LogP contribution < -0.4 is 9.64 Å². The van der Waals surface area contributed by atoms with Gasteiger partial charge in [0.2, 0.25) is 0 Å².